The molecule has 0 bridgehead atoms. The zero-order valence-electron chi connectivity index (χ0n) is 32.5. The highest BCUT2D eigenvalue weighted by Crippen LogP contribution is 2.33. The lowest BCUT2D eigenvalue weighted by molar-refractivity contribution is -0.0312. The van der Waals surface area contributed by atoms with Crippen LogP contribution >= 0.6 is 0 Å². The van der Waals surface area contributed by atoms with Gasteiger partial charge in [-0.15, -0.1) is 0 Å². The number of fused-ring (bicyclic) bond motifs is 2. The predicted molar refractivity (Wildman–Crippen MR) is 222 cm³/mol. The average molecular weight is 763 g/mol. The summed E-state index contributed by atoms with van der Waals surface area (Å²) in [4.78, 5) is 0. The van der Waals surface area contributed by atoms with Gasteiger partial charge in [-0.05, 0) is 117 Å². The minimum atomic E-state index is 0.127. The Morgan fingerprint density at radius 1 is 0.439 bits per heavy atom. The highest BCUT2D eigenvalue weighted by Gasteiger charge is 2.26. The Labute approximate surface area is 334 Å². The molecule has 292 valence electrons. The summed E-state index contributed by atoms with van der Waals surface area (Å²) in [5, 5.41) is 4.82. The smallest absolute Gasteiger partial charge is 0.230 e. The Bertz CT molecular complexity index is 2190. The Morgan fingerprint density at radius 3 is 1.39 bits per heavy atom. The second-order valence-electron chi connectivity index (χ2n) is 16.5. The highest BCUT2D eigenvalue weighted by atomic mass is 16.7. The van der Waals surface area contributed by atoms with Crippen LogP contribution < -0.4 is 18.9 Å². The number of rotatable bonds is 18. The van der Waals surface area contributed by atoms with Crippen LogP contribution in [0.3, 0.4) is 0 Å². The van der Waals surface area contributed by atoms with E-state index in [-0.39, 0.29) is 25.8 Å². The van der Waals surface area contributed by atoms with E-state index in [1.165, 1.54) is 69.5 Å². The van der Waals surface area contributed by atoms with Crippen molar-refractivity contribution in [1.82, 2.24) is 0 Å². The predicted octanol–water partition coefficient (Wildman–Crippen LogP) is 9.83. The fourth-order valence-electron chi connectivity index (χ4n) is 8.25. The molecule has 6 aromatic carbocycles. The first-order valence-electron chi connectivity index (χ1n) is 20.7. The van der Waals surface area contributed by atoms with Gasteiger partial charge in [0.1, 0.15) is 23.0 Å². The van der Waals surface area contributed by atoms with E-state index in [4.69, 9.17) is 33.2 Å². The van der Waals surface area contributed by atoms with E-state index < -0.39 is 0 Å². The van der Waals surface area contributed by atoms with Crippen LogP contribution in [0.1, 0.15) is 52.6 Å². The fourth-order valence-corrected chi connectivity index (χ4v) is 8.25. The molecule has 3 aliphatic heterocycles. The van der Waals surface area contributed by atoms with E-state index in [1.54, 1.807) is 0 Å². The van der Waals surface area contributed by atoms with Crippen LogP contribution in [0.15, 0.2) is 109 Å². The first kappa shape index (κ1) is 36.3. The van der Waals surface area contributed by atoms with Gasteiger partial charge >= 0.3 is 0 Å². The summed E-state index contributed by atoms with van der Waals surface area (Å²) < 4.78 is 41.4. The van der Waals surface area contributed by atoms with Crippen molar-refractivity contribution >= 4 is 21.5 Å². The van der Waals surface area contributed by atoms with Gasteiger partial charge in [0, 0.05) is 18.8 Å². The average Bonchev–Trinajstić information content (AvgIpc) is 4.14. The summed E-state index contributed by atoms with van der Waals surface area (Å²) in [6.07, 6.45) is 9.20. The van der Waals surface area contributed by atoms with E-state index in [2.05, 4.69) is 97.1 Å². The minimum Gasteiger partial charge on any atom is -0.457 e. The second kappa shape index (κ2) is 16.4. The van der Waals surface area contributed by atoms with Gasteiger partial charge in [-0.3, -0.25) is 0 Å². The topological polar surface area (TPSA) is 71.2 Å². The molecule has 1 aliphatic carbocycles. The molecular weight excluding hydrogens is 713 g/mol. The quantitative estimate of drug-likeness (QED) is 0.0638. The van der Waals surface area contributed by atoms with E-state index >= 15 is 0 Å². The van der Waals surface area contributed by atoms with Crippen LogP contribution in [0, 0.1) is 11.8 Å². The van der Waals surface area contributed by atoms with Crippen LogP contribution in [0.25, 0.3) is 21.5 Å². The molecule has 0 radical (unpaired) electrons. The van der Waals surface area contributed by atoms with E-state index in [0.717, 1.165) is 92.2 Å². The van der Waals surface area contributed by atoms with Crippen molar-refractivity contribution < 1.29 is 33.2 Å². The third kappa shape index (κ3) is 9.23. The molecule has 2 unspecified atom stereocenters. The molecule has 0 spiro atoms. The maximum atomic E-state index is 6.26. The van der Waals surface area contributed by atoms with E-state index in [0.29, 0.717) is 5.92 Å². The molecular formula is C50H50O7. The maximum Gasteiger partial charge on any atom is 0.230 e. The van der Waals surface area contributed by atoms with Crippen molar-refractivity contribution in [3.63, 3.8) is 0 Å². The largest absolute Gasteiger partial charge is 0.457 e. The number of ether oxygens (including phenoxy) is 7. The van der Waals surface area contributed by atoms with Crippen LogP contribution in [0.2, 0.25) is 0 Å². The third-order valence-electron chi connectivity index (χ3n) is 12.0. The van der Waals surface area contributed by atoms with Gasteiger partial charge in [0.15, 0.2) is 0 Å². The third-order valence-corrected chi connectivity index (χ3v) is 12.0. The van der Waals surface area contributed by atoms with Crippen LogP contribution in [-0.4, -0.2) is 52.2 Å². The summed E-state index contributed by atoms with van der Waals surface area (Å²) in [6, 6.07) is 39.0. The summed E-state index contributed by atoms with van der Waals surface area (Å²) in [7, 11) is 0. The lowest BCUT2D eigenvalue weighted by Crippen LogP contribution is -2.29. The fraction of sp³-hybridized carbons (Fsp3) is 0.360. The molecule has 4 aliphatic rings. The Hall–Kier alpha value is -5.08. The van der Waals surface area contributed by atoms with Gasteiger partial charge in [0.2, 0.25) is 13.6 Å². The Kier molecular flexibility index (Phi) is 10.4. The molecule has 6 aromatic rings. The molecule has 0 aromatic heterocycles. The van der Waals surface area contributed by atoms with Gasteiger partial charge in [0.25, 0.3) is 0 Å². The maximum absolute atomic E-state index is 6.26. The molecule has 0 amide bonds. The molecule has 10 rings (SSSR count). The van der Waals surface area contributed by atoms with Crippen LogP contribution in [0.5, 0.6) is 23.0 Å². The molecule has 0 N–H and O–H groups in total. The highest BCUT2D eigenvalue weighted by molar-refractivity contribution is 5.85. The normalized spacial score (nSPS) is 18.9. The lowest BCUT2D eigenvalue weighted by atomic mass is 9.81. The van der Waals surface area contributed by atoms with Gasteiger partial charge in [-0.1, -0.05) is 92.1 Å². The van der Waals surface area contributed by atoms with E-state index in [1.807, 2.05) is 12.1 Å². The summed E-state index contributed by atoms with van der Waals surface area (Å²) in [6.45, 7) is 3.56. The Balaban J connectivity index is 0.776. The van der Waals surface area contributed by atoms with Crippen molar-refractivity contribution in [3.8, 4) is 23.0 Å². The zero-order valence-corrected chi connectivity index (χ0v) is 32.5. The van der Waals surface area contributed by atoms with Crippen molar-refractivity contribution in [2.45, 2.75) is 63.6 Å². The molecule has 7 nitrogen and oxygen atoms in total. The number of benzene rings is 6. The van der Waals surface area contributed by atoms with Crippen molar-refractivity contribution in [1.29, 1.82) is 0 Å². The van der Waals surface area contributed by atoms with Crippen LogP contribution in [0.4, 0.5) is 0 Å². The second-order valence-corrected chi connectivity index (χ2v) is 16.5. The van der Waals surface area contributed by atoms with Crippen molar-refractivity contribution in [3.05, 3.63) is 143 Å². The van der Waals surface area contributed by atoms with Gasteiger partial charge in [-0.2, -0.15) is 0 Å². The van der Waals surface area contributed by atoms with Crippen molar-refractivity contribution in [2.24, 2.45) is 11.8 Å². The molecule has 4 fully saturated rings. The van der Waals surface area contributed by atoms with Gasteiger partial charge < -0.3 is 33.2 Å². The molecule has 57 heavy (non-hydrogen) atoms. The van der Waals surface area contributed by atoms with Gasteiger partial charge in [-0.25, -0.2) is 0 Å². The lowest BCUT2D eigenvalue weighted by Gasteiger charge is -2.25. The number of hydrogen-bond acceptors (Lipinski definition) is 7. The summed E-state index contributed by atoms with van der Waals surface area (Å²) in [5.41, 5.74) is 7.46. The number of hydrogen-bond donors (Lipinski definition) is 0. The van der Waals surface area contributed by atoms with Crippen molar-refractivity contribution in [2.75, 3.05) is 40.0 Å². The molecule has 2 atom stereocenters. The summed E-state index contributed by atoms with van der Waals surface area (Å²) >= 11 is 0. The van der Waals surface area contributed by atoms with Crippen LogP contribution in [-0.2, 0) is 46.3 Å². The summed E-state index contributed by atoms with van der Waals surface area (Å²) in [5.74, 6) is 4.75. The minimum absolute atomic E-state index is 0.127. The van der Waals surface area contributed by atoms with Gasteiger partial charge in [0.05, 0.1) is 38.6 Å². The van der Waals surface area contributed by atoms with E-state index in [9.17, 15) is 0 Å². The first-order valence-corrected chi connectivity index (χ1v) is 20.7. The number of epoxide rings is 2. The first-order chi connectivity index (χ1) is 28.1. The molecule has 7 heteroatoms. The molecule has 1 saturated carbocycles. The molecule has 3 heterocycles. The standard InChI is InChI=1S/C50H50O7/c1-2-33(3-1)16-34-4-8-39-10-12-45(23-41(39)19-34)54-31-56-49-14-6-36(21-43(49)25-47-29-52-47)17-37-7-15-50(44(22-37)26-48-30-53-48)57-32-55-46-13-11-40-9-5-35(20-42(40)24-46)18-38-27-51-28-38/h4-15,19-24,33,38,47-48H,1-3,16-18,25-32H2. The monoisotopic (exact) mass is 762 g/mol. The zero-order chi connectivity index (χ0) is 38.0. The Morgan fingerprint density at radius 2 is 0.930 bits per heavy atom. The SMILES string of the molecule is c1cc(OCOc2ccc3ccc(CC4CCC4)cc3c2)c(CC2CO2)cc1Cc1ccc(OCOc2ccc3ccc(CC4COC4)cc3c2)c(CC2CO2)c1. The molecule has 3 saturated heterocycles.